The van der Waals surface area contributed by atoms with Crippen LogP contribution in [-0.2, 0) is 0 Å². The van der Waals surface area contributed by atoms with E-state index < -0.39 is 11.7 Å². The van der Waals surface area contributed by atoms with Gasteiger partial charge in [0.15, 0.2) is 0 Å². The van der Waals surface area contributed by atoms with Crippen LogP contribution in [0.2, 0.25) is 0 Å². The first-order valence-corrected chi connectivity index (χ1v) is 10.1. The molecule has 2 aromatic carbocycles. The highest BCUT2D eigenvalue weighted by Crippen LogP contribution is 2.24. The minimum Gasteiger partial charge on any atom is -0.339 e. The molecule has 0 unspecified atom stereocenters. The Balaban J connectivity index is 0.00000320. The van der Waals surface area contributed by atoms with E-state index in [4.69, 9.17) is 0 Å². The van der Waals surface area contributed by atoms with Crippen LogP contribution in [-0.4, -0.2) is 43.4 Å². The first-order chi connectivity index (χ1) is 14.0. The molecule has 1 fully saturated rings. The van der Waals surface area contributed by atoms with Gasteiger partial charge in [0.1, 0.15) is 5.82 Å². The van der Waals surface area contributed by atoms with Crippen LogP contribution in [0.3, 0.4) is 0 Å². The fraction of sp³-hybridized carbons (Fsp3) is 0.391. The van der Waals surface area contributed by atoms with Gasteiger partial charge in [0.25, 0.3) is 11.8 Å². The monoisotopic (exact) mass is 433 g/mol. The Morgan fingerprint density at radius 1 is 1.13 bits per heavy atom. The SMILES string of the molecule is CNCCC1CCN(C(=O)c2ccc(C)c(NC(=O)c3ccccc3F)c2)CC1.Cl. The van der Waals surface area contributed by atoms with Crippen molar-refractivity contribution in [2.45, 2.75) is 26.2 Å². The Bertz CT molecular complexity index is 883. The van der Waals surface area contributed by atoms with Crippen LogP contribution < -0.4 is 10.6 Å². The van der Waals surface area contributed by atoms with Crippen molar-refractivity contribution in [2.24, 2.45) is 5.92 Å². The summed E-state index contributed by atoms with van der Waals surface area (Å²) in [6.45, 7) is 4.34. The fourth-order valence-electron chi connectivity index (χ4n) is 3.68. The Morgan fingerprint density at radius 2 is 1.83 bits per heavy atom. The number of hydrogen-bond acceptors (Lipinski definition) is 3. The summed E-state index contributed by atoms with van der Waals surface area (Å²) in [5.41, 5.74) is 1.85. The van der Waals surface area contributed by atoms with Gasteiger partial charge in [-0.15, -0.1) is 12.4 Å². The van der Waals surface area contributed by atoms with Crippen molar-refractivity contribution in [1.29, 1.82) is 0 Å². The van der Waals surface area contributed by atoms with Crippen LogP contribution in [0.1, 0.15) is 45.5 Å². The van der Waals surface area contributed by atoms with Gasteiger partial charge in [-0.3, -0.25) is 9.59 Å². The van der Waals surface area contributed by atoms with E-state index in [1.54, 1.807) is 24.3 Å². The zero-order valence-electron chi connectivity index (χ0n) is 17.4. The van der Waals surface area contributed by atoms with Crippen molar-refractivity contribution in [1.82, 2.24) is 10.2 Å². The number of benzene rings is 2. The second-order valence-electron chi connectivity index (χ2n) is 7.59. The molecule has 0 atom stereocenters. The van der Waals surface area contributed by atoms with Crippen LogP contribution in [0.15, 0.2) is 42.5 Å². The van der Waals surface area contributed by atoms with E-state index in [0.29, 0.717) is 17.2 Å². The quantitative estimate of drug-likeness (QED) is 0.715. The highest BCUT2D eigenvalue weighted by atomic mass is 35.5. The van der Waals surface area contributed by atoms with E-state index in [9.17, 15) is 14.0 Å². The molecule has 5 nitrogen and oxygen atoms in total. The molecule has 0 bridgehead atoms. The van der Waals surface area contributed by atoms with Gasteiger partial charge in [0.2, 0.25) is 0 Å². The first-order valence-electron chi connectivity index (χ1n) is 10.1. The molecule has 1 aliphatic heterocycles. The highest BCUT2D eigenvalue weighted by Gasteiger charge is 2.24. The van der Waals surface area contributed by atoms with E-state index in [0.717, 1.165) is 44.5 Å². The summed E-state index contributed by atoms with van der Waals surface area (Å²) in [5, 5.41) is 5.92. The van der Waals surface area contributed by atoms with Crippen LogP contribution in [0.25, 0.3) is 0 Å². The lowest BCUT2D eigenvalue weighted by Crippen LogP contribution is -2.39. The third-order valence-corrected chi connectivity index (χ3v) is 5.56. The molecule has 0 saturated carbocycles. The number of rotatable bonds is 6. The van der Waals surface area contributed by atoms with E-state index in [2.05, 4.69) is 10.6 Å². The zero-order valence-corrected chi connectivity index (χ0v) is 18.2. The molecule has 1 saturated heterocycles. The average Bonchev–Trinajstić information content (AvgIpc) is 2.74. The van der Waals surface area contributed by atoms with Crippen molar-refractivity contribution in [3.05, 3.63) is 65.0 Å². The third-order valence-electron chi connectivity index (χ3n) is 5.56. The summed E-state index contributed by atoms with van der Waals surface area (Å²) in [6.07, 6.45) is 3.15. The van der Waals surface area contributed by atoms with Crippen molar-refractivity contribution >= 4 is 29.9 Å². The molecule has 0 spiro atoms. The van der Waals surface area contributed by atoms with Gasteiger partial charge < -0.3 is 15.5 Å². The molecule has 0 aromatic heterocycles. The molecule has 7 heteroatoms. The molecule has 0 aliphatic carbocycles. The van der Waals surface area contributed by atoms with Crippen molar-refractivity contribution in [3.63, 3.8) is 0 Å². The standard InChI is InChI=1S/C23H28FN3O2.ClH/c1-16-7-8-18(23(29)27-13-10-17(11-14-27)9-12-25-2)15-21(16)26-22(28)19-5-3-4-6-20(19)24;/h3-8,15,17,25H,9-14H2,1-2H3,(H,26,28);1H. The number of carbonyl (C=O) groups is 2. The van der Waals surface area contributed by atoms with Crippen LogP contribution in [0.5, 0.6) is 0 Å². The van der Waals surface area contributed by atoms with Gasteiger partial charge >= 0.3 is 0 Å². The van der Waals surface area contributed by atoms with Crippen LogP contribution >= 0.6 is 12.4 Å². The van der Waals surface area contributed by atoms with E-state index in [1.807, 2.05) is 24.9 Å². The van der Waals surface area contributed by atoms with Crippen LogP contribution in [0, 0.1) is 18.7 Å². The number of aryl methyl sites for hydroxylation is 1. The fourth-order valence-corrected chi connectivity index (χ4v) is 3.68. The topological polar surface area (TPSA) is 61.4 Å². The maximum atomic E-state index is 13.9. The minimum absolute atomic E-state index is 0. The summed E-state index contributed by atoms with van der Waals surface area (Å²) < 4.78 is 13.9. The molecule has 1 aliphatic rings. The lowest BCUT2D eigenvalue weighted by Gasteiger charge is -2.32. The smallest absolute Gasteiger partial charge is 0.258 e. The Labute approximate surface area is 183 Å². The number of nitrogens with zero attached hydrogens (tertiary/aromatic N) is 1. The number of amides is 2. The molecule has 1 heterocycles. The predicted octanol–water partition coefficient (Wildman–Crippen LogP) is 4.27. The minimum atomic E-state index is -0.573. The largest absolute Gasteiger partial charge is 0.339 e. The molecule has 3 rings (SSSR count). The summed E-state index contributed by atoms with van der Waals surface area (Å²) in [4.78, 5) is 27.3. The molecule has 162 valence electrons. The number of anilines is 1. The zero-order chi connectivity index (χ0) is 20.8. The van der Waals surface area contributed by atoms with Crippen molar-refractivity contribution in [3.8, 4) is 0 Å². The number of hydrogen-bond donors (Lipinski definition) is 2. The Hall–Kier alpha value is -2.44. The molecular weight excluding hydrogens is 405 g/mol. The lowest BCUT2D eigenvalue weighted by atomic mass is 9.93. The number of piperidine rings is 1. The van der Waals surface area contributed by atoms with Gasteiger partial charge in [0.05, 0.1) is 5.56 Å². The summed E-state index contributed by atoms with van der Waals surface area (Å²) in [5.74, 6) is -0.476. The van der Waals surface area contributed by atoms with Crippen molar-refractivity contribution in [2.75, 3.05) is 32.0 Å². The van der Waals surface area contributed by atoms with Gasteiger partial charge in [-0.25, -0.2) is 4.39 Å². The van der Waals surface area contributed by atoms with E-state index in [1.165, 1.54) is 12.1 Å². The normalized spacial score (nSPS) is 14.2. The molecule has 30 heavy (non-hydrogen) atoms. The van der Waals surface area contributed by atoms with Gasteiger partial charge in [-0.2, -0.15) is 0 Å². The second kappa shape index (κ2) is 11.1. The Morgan fingerprint density at radius 3 is 2.50 bits per heavy atom. The second-order valence-corrected chi connectivity index (χ2v) is 7.59. The maximum absolute atomic E-state index is 13.9. The van der Waals surface area contributed by atoms with Crippen LogP contribution in [0.4, 0.5) is 10.1 Å². The third kappa shape index (κ3) is 5.80. The molecule has 0 radical (unpaired) electrons. The predicted molar refractivity (Wildman–Crippen MR) is 120 cm³/mol. The number of carbonyl (C=O) groups excluding carboxylic acids is 2. The lowest BCUT2D eigenvalue weighted by molar-refractivity contribution is 0.0687. The number of halogens is 2. The van der Waals surface area contributed by atoms with E-state index in [-0.39, 0.29) is 23.9 Å². The Kier molecular flexibility index (Phi) is 8.81. The highest BCUT2D eigenvalue weighted by molar-refractivity contribution is 6.05. The molecule has 2 N–H and O–H groups in total. The first kappa shape index (κ1) is 23.8. The van der Waals surface area contributed by atoms with E-state index >= 15 is 0 Å². The molecule has 2 amide bonds. The molecular formula is C23H29ClFN3O2. The van der Waals surface area contributed by atoms with Gasteiger partial charge in [-0.05, 0) is 75.5 Å². The summed E-state index contributed by atoms with van der Waals surface area (Å²) in [6, 6.07) is 11.1. The van der Waals surface area contributed by atoms with Gasteiger partial charge in [-0.1, -0.05) is 18.2 Å². The maximum Gasteiger partial charge on any atom is 0.258 e. The number of likely N-dealkylation sites (tertiary alicyclic amines) is 1. The average molecular weight is 434 g/mol. The number of nitrogens with one attached hydrogen (secondary N) is 2. The van der Waals surface area contributed by atoms with Crippen molar-refractivity contribution < 1.29 is 14.0 Å². The summed E-state index contributed by atoms with van der Waals surface area (Å²) >= 11 is 0. The molecule has 2 aromatic rings. The summed E-state index contributed by atoms with van der Waals surface area (Å²) in [7, 11) is 1.96. The van der Waals surface area contributed by atoms with Gasteiger partial charge in [0, 0.05) is 24.3 Å².